The molecule has 14 heavy (non-hydrogen) atoms. The number of rotatable bonds is 5. The van der Waals surface area contributed by atoms with Crippen LogP contribution in [0.2, 0.25) is 0 Å². The van der Waals surface area contributed by atoms with Crippen molar-refractivity contribution >= 4 is 18.2 Å². The molecule has 0 saturated carbocycles. The summed E-state index contributed by atoms with van der Waals surface area (Å²) in [5.41, 5.74) is 0. The van der Waals surface area contributed by atoms with E-state index in [0.717, 1.165) is 0 Å². The van der Waals surface area contributed by atoms with Crippen LogP contribution in [-0.2, 0) is 23.9 Å². The van der Waals surface area contributed by atoms with Gasteiger partial charge in [0, 0.05) is 13.8 Å². The van der Waals surface area contributed by atoms with Gasteiger partial charge in [-0.1, -0.05) is 0 Å². The molecule has 5 heteroatoms. The minimum atomic E-state index is -0.707. The minimum Gasteiger partial charge on any atom is -0.462 e. The first-order valence-electron chi connectivity index (χ1n) is 3.98. The lowest BCUT2D eigenvalue weighted by atomic mass is 10.3. The minimum absolute atomic E-state index is 0.0841. The molecule has 0 unspecified atom stereocenters. The van der Waals surface area contributed by atoms with E-state index in [9.17, 15) is 14.4 Å². The van der Waals surface area contributed by atoms with Crippen LogP contribution < -0.4 is 0 Å². The average molecular weight is 200 g/mol. The van der Waals surface area contributed by atoms with Gasteiger partial charge in [-0.05, 0) is 12.2 Å². The first-order valence-corrected chi connectivity index (χ1v) is 3.98. The SMILES string of the molecule is CC(=O)OC[C@@H](/C=C/C=O)OC(C)=O. The van der Waals surface area contributed by atoms with E-state index < -0.39 is 18.0 Å². The van der Waals surface area contributed by atoms with E-state index in [-0.39, 0.29) is 6.61 Å². The highest BCUT2D eigenvalue weighted by molar-refractivity contribution is 5.68. The summed E-state index contributed by atoms with van der Waals surface area (Å²) in [6, 6.07) is 0. The summed E-state index contributed by atoms with van der Waals surface area (Å²) in [4.78, 5) is 31.0. The third-order valence-electron chi connectivity index (χ3n) is 1.17. The fourth-order valence-electron chi connectivity index (χ4n) is 0.711. The zero-order valence-electron chi connectivity index (χ0n) is 8.06. The molecular formula is C9H12O5. The molecule has 1 atom stereocenters. The van der Waals surface area contributed by atoms with Crippen molar-refractivity contribution in [1.82, 2.24) is 0 Å². The molecule has 0 aromatic rings. The molecule has 0 aromatic heterocycles. The second-order valence-corrected chi connectivity index (χ2v) is 2.47. The lowest BCUT2D eigenvalue weighted by Crippen LogP contribution is -2.21. The highest BCUT2D eigenvalue weighted by Crippen LogP contribution is 1.96. The Morgan fingerprint density at radius 1 is 1.29 bits per heavy atom. The molecule has 0 spiro atoms. The number of hydrogen-bond donors (Lipinski definition) is 0. The molecule has 0 aliphatic heterocycles. The van der Waals surface area contributed by atoms with E-state index in [0.29, 0.717) is 6.29 Å². The molecule has 5 nitrogen and oxygen atoms in total. The molecule has 0 N–H and O–H groups in total. The van der Waals surface area contributed by atoms with E-state index in [4.69, 9.17) is 4.74 Å². The normalized spacial score (nSPS) is 12.1. The van der Waals surface area contributed by atoms with Crippen molar-refractivity contribution in [3.8, 4) is 0 Å². The standard InChI is InChI=1S/C9H12O5/c1-7(11)13-6-9(4-3-5-10)14-8(2)12/h3-5,9H,6H2,1-2H3/b4-3+/t9-/m1/s1. The Balaban J connectivity index is 4.09. The second kappa shape index (κ2) is 6.82. The summed E-state index contributed by atoms with van der Waals surface area (Å²) in [5.74, 6) is -0.973. The third-order valence-corrected chi connectivity index (χ3v) is 1.17. The van der Waals surface area contributed by atoms with Crippen molar-refractivity contribution in [2.24, 2.45) is 0 Å². The quantitative estimate of drug-likeness (QED) is 0.361. The van der Waals surface area contributed by atoms with Gasteiger partial charge in [0.25, 0.3) is 0 Å². The van der Waals surface area contributed by atoms with Gasteiger partial charge in [-0.15, -0.1) is 0 Å². The van der Waals surface area contributed by atoms with Crippen molar-refractivity contribution in [2.75, 3.05) is 6.61 Å². The average Bonchev–Trinajstić information content (AvgIpc) is 2.09. The van der Waals surface area contributed by atoms with Crippen LogP contribution in [0, 0.1) is 0 Å². The van der Waals surface area contributed by atoms with Gasteiger partial charge in [0.2, 0.25) is 0 Å². The van der Waals surface area contributed by atoms with Crippen LogP contribution in [0.1, 0.15) is 13.8 Å². The van der Waals surface area contributed by atoms with Crippen molar-refractivity contribution in [3.05, 3.63) is 12.2 Å². The van der Waals surface area contributed by atoms with Gasteiger partial charge in [0.05, 0.1) is 0 Å². The van der Waals surface area contributed by atoms with Crippen LogP contribution in [0.4, 0.5) is 0 Å². The Labute approximate surface area is 81.7 Å². The van der Waals surface area contributed by atoms with Gasteiger partial charge in [-0.3, -0.25) is 14.4 Å². The van der Waals surface area contributed by atoms with Gasteiger partial charge in [0.15, 0.2) is 6.10 Å². The van der Waals surface area contributed by atoms with Gasteiger partial charge in [-0.25, -0.2) is 0 Å². The van der Waals surface area contributed by atoms with Gasteiger partial charge < -0.3 is 9.47 Å². The molecule has 78 valence electrons. The smallest absolute Gasteiger partial charge is 0.303 e. The summed E-state index contributed by atoms with van der Waals surface area (Å²) < 4.78 is 9.36. The van der Waals surface area contributed by atoms with Crippen LogP contribution >= 0.6 is 0 Å². The summed E-state index contributed by atoms with van der Waals surface area (Å²) in [5, 5.41) is 0. The largest absolute Gasteiger partial charge is 0.462 e. The Hall–Kier alpha value is -1.65. The second-order valence-electron chi connectivity index (χ2n) is 2.47. The van der Waals surface area contributed by atoms with E-state index in [1.54, 1.807) is 0 Å². The maximum Gasteiger partial charge on any atom is 0.303 e. The van der Waals surface area contributed by atoms with Crippen molar-refractivity contribution in [1.29, 1.82) is 0 Å². The summed E-state index contributed by atoms with van der Waals surface area (Å²) >= 11 is 0. The monoisotopic (exact) mass is 200 g/mol. The maximum absolute atomic E-state index is 10.6. The van der Waals surface area contributed by atoms with Crippen molar-refractivity contribution in [2.45, 2.75) is 20.0 Å². The zero-order chi connectivity index (χ0) is 11.0. The van der Waals surface area contributed by atoms with E-state index >= 15 is 0 Å². The van der Waals surface area contributed by atoms with Crippen LogP contribution in [0.3, 0.4) is 0 Å². The summed E-state index contributed by atoms with van der Waals surface area (Å²) in [6.45, 7) is 2.39. The number of carbonyl (C=O) groups excluding carboxylic acids is 3. The van der Waals surface area contributed by atoms with Crippen molar-refractivity contribution in [3.63, 3.8) is 0 Å². The molecule has 0 rings (SSSR count). The number of esters is 2. The van der Waals surface area contributed by atoms with Crippen molar-refractivity contribution < 1.29 is 23.9 Å². The Morgan fingerprint density at radius 3 is 2.36 bits per heavy atom. The fraction of sp³-hybridized carbons (Fsp3) is 0.444. The van der Waals surface area contributed by atoms with Gasteiger partial charge >= 0.3 is 11.9 Å². The molecular weight excluding hydrogens is 188 g/mol. The predicted molar refractivity (Wildman–Crippen MR) is 47.4 cm³/mol. The molecule has 0 amide bonds. The topological polar surface area (TPSA) is 69.7 Å². The highest BCUT2D eigenvalue weighted by atomic mass is 16.6. The van der Waals surface area contributed by atoms with E-state index in [2.05, 4.69) is 4.74 Å². The number of aldehydes is 1. The van der Waals surface area contributed by atoms with E-state index in [1.165, 1.54) is 26.0 Å². The fourth-order valence-corrected chi connectivity index (χ4v) is 0.711. The Bertz CT molecular complexity index is 244. The number of hydrogen-bond acceptors (Lipinski definition) is 5. The van der Waals surface area contributed by atoms with Crippen LogP contribution in [-0.4, -0.2) is 30.9 Å². The number of allylic oxidation sites excluding steroid dienone is 1. The predicted octanol–water partition coefficient (Wildman–Crippen LogP) is 0.236. The molecule has 0 heterocycles. The molecule has 0 aliphatic carbocycles. The molecule has 0 aromatic carbocycles. The zero-order valence-corrected chi connectivity index (χ0v) is 8.06. The summed E-state index contributed by atoms with van der Waals surface area (Å²) in [7, 11) is 0. The Morgan fingerprint density at radius 2 is 1.93 bits per heavy atom. The van der Waals surface area contributed by atoms with Crippen LogP contribution in [0.5, 0.6) is 0 Å². The Kier molecular flexibility index (Phi) is 6.02. The molecule has 0 fully saturated rings. The lowest BCUT2D eigenvalue weighted by Gasteiger charge is -2.11. The van der Waals surface area contributed by atoms with E-state index in [1.807, 2.05) is 0 Å². The maximum atomic E-state index is 10.6. The lowest BCUT2D eigenvalue weighted by molar-refractivity contribution is -0.153. The molecule has 0 bridgehead atoms. The number of ether oxygens (including phenoxy) is 2. The third kappa shape index (κ3) is 7.02. The molecule has 0 aliphatic rings. The molecule has 0 saturated heterocycles. The first kappa shape index (κ1) is 12.3. The first-order chi connectivity index (χ1) is 6.56. The number of carbonyl (C=O) groups is 3. The van der Waals surface area contributed by atoms with Crippen LogP contribution in [0.25, 0.3) is 0 Å². The molecule has 0 radical (unpaired) electrons. The summed E-state index contributed by atoms with van der Waals surface area (Å²) in [6.07, 6.45) is 2.36. The van der Waals surface area contributed by atoms with Crippen LogP contribution in [0.15, 0.2) is 12.2 Å². The highest BCUT2D eigenvalue weighted by Gasteiger charge is 2.09. The van der Waals surface area contributed by atoms with Gasteiger partial charge in [-0.2, -0.15) is 0 Å². The van der Waals surface area contributed by atoms with Gasteiger partial charge in [0.1, 0.15) is 12.9 Å².